The molecule has 0 aliphatic rings. The summed E-state index contributed by atoms with van der Waals surface area (Å²) < 4.78 is 24.9. The Morgan fingerprint density at radius 2 is 1.38 bits per heavy atom. The molecule has 0 spiro atoms. The van der Waals surface area contributed by atoms with Crippen LogP contribution < -0.4 is 0 Å². The van der Waals surface area contributed by atoms with Crippen LogP contribution in [0.5, 0.6) is 0 Å². The maximum Gasteiger partial charge on any atom is 0.509 e. The molecule has 2 atom stereocenters. The van der Waals surface area contributed by atoms with Crippen LogP contribution in [0, 0.1) is 0 Å². The highest BCUT2D eigenvalue weighted by Gasteiger charge is 2.33. The van der Waals surface area contributed by atoms with Crippen molar-refractivity contribution in [2.45, 2.75) is 91.5 Å². The van der Waals surface area contributed by atoms with Crippen molar-refractivity contribution in [2.75, 3.05) is 13.2 Å². The minimum atomic E-state index is -1.61. The molecule has 0 amide bonds. The monoisotopic (exact) mass is 418 g/mol. The number of hydrogen-bond donors (Lipinski definition) is 0. The lowest BCUT2D eigenvalue weighted by Crippen LogP contribution is -2.38. The van der Waals surface area contributed by atoms with E-state index in [1.807, 2.05) is 13.8 Å². The lowest BCUT2D eigenvalue weighted by atomic mass is 10.2. The van der Waals surface area contributed by atoms with Gasteiger partial charge in [-0.05, 0) is 40.5 Å². The first-order valence-electron chi connectivity index (χ1n) is 9.92. The molecule has 0 unspecified atom stereocenters. The molecule has 0 saturated carbocycles. The summed E-state index contributed by atoms with van der Waals surface area (Å²) in [5.41, 5.74) is -0.858. The van der Waals surface area contributed by atoms with E-state index in [-0.39, 0.29) is 13.2 Å². The fourth-order valence-electron chi connectivity index (χ4n) is 1.84. The van der Waals surface area contributed by atoms with E-state index in [0.717, 1.165) is 12.8 Å². The predicted molar refractivity (Wildman–Crippen MR) is 103 cm³/mol. The van der Waals surface area contributed by atoms with E-state index < -0.39 is 48.3 Å². The van der Waals surface area contributed by atoms with Gasteiger partial charge in [-0.25, -0.2) is 14.4 Å². The Labute approximate surface area is 172 Å². The van der Waals surface area contributed by atoms with Gasteiger partial charge in [0, 0.05) is 0 Å². The zero-order chi connectivity index (χ0) is 22.4. The molecule has 0 N–H and O–H groups in total. The van der Waals surface area contributed by atoms with Gasteiger partial charge in [0.05, 0.1) is 19.6 Å². The van der Waals surface area contributed by atoms with E-state index in [1.54, 1.807) is 20.8 Å². The second-order valence-electron chi connectivity index (χ2n) is 7.45. The average molecular weight is 418 g/mol. The van der Waals surface area contributed by atoms with Crippen molar-refractivity contribution in [3.63, 3.8) is 0 Å². The molecule has 0 aromatic rings. The van der Waals surface area contributed by atoms with Gasteiger partial charge in [-0.15, -0.1) is 0 Å². The molecule has 168 valence electrons. The fraction of sp³-hybridized carbons (Fsp3) is 0.800. The van der Waals surface area contributed by atoms with Gasteiger partial charge < -0.3 is 23.7 Å². The third-order valence-corrected chi connectivity index (χ3v) is 3.37. The van der Waals surface area contributed by atoms with Crippen LogP contribution in [0.2, 0.25) is 0 Å². The highest BCUT2D eigenvalue weighted by molar-refractivity contribution is 5.86. The zero-order valence-corrected chi connectivity index (χ0v) is 18.3. The zero-order valence-electron chi connectivity index (χ0n) is 18.3. The van der Waals surface area contributed by atoms with Gasteiger partial charge in [-0.2, -0.15) is 0 Å². The summed E-state index contributed by atoms with van der Waals surface area (Å²) in [4.78, 5) is 48.1. The quantitative estimate of drug-likeness (QED) is 0.267. The Balaban J connectivity index is 4.95. The van der Waals surface area contributed by atoms with Crippen molar-refractivity contribution in [2.24, 2.45) is 0 Å². The molecule has 0 saturated heterocycles. The summed E-state index contributed by atoms with van der Waals surface area (Å²) in [6, 6.07) is 0. The van der Waals surface area contributed by atoms with Gasteiger partial charge in [0.15, 0.2) is 6.10 Å². The van der Waals surface area contributed by atoms with Gasteiger partial charge in [0.2, 0.25) is 6.10 Å². The number of carbonyl (C=O) groups excluding carboxylic acids is 4. The second kappa shape index (κ2) is 13.8. The van der Waals surface area contributed by atoms with E-state index in [2.05, 4.69) is 0 Å². The van der Waals surface area contributed by atoms with Crippen LogP contribution in [0.25, 0.3) is 0 Å². The Bertz CT molecular complexity index is 537. The van der Waals surface area contributed by atoms with E-state index in [9.17, 15) is 19.2 Å². The molecule has 0 fully saturated rings. The summed E-state index contributed by atoms with van der Waals surface area (Å²) in [6.45, 7) is 10.5. The Hall–Kier alpha value is -2.32. The highest BCUT2D eigenvalue weighted by atomic mass is 16.7. The third-order valence-electron chi connectivity index (χ3n) is 3.37. The molecule has 0 aliphatic heterocycles. The summed E-state index contributed by atoms with van der Waals surface area (Å²) in [5, 5.41) is 0. The topological polar surface area (TPSA) is 114 Å². The molecule has 9 nitrogen and oxygen atoms in total. The van der Waals surface area contributed by atoms with Crippen LogP contribution >= 0.6 is 0 Å². The molecule has 0 aliphatic carbocycles. The molecule has 0 rings (SSSR count). The van der Waals surface area contributed by atoms with Crippen LogP contribution in [-0.4, -0.2) is 55.1 Å². The Kier molecular flexibility index (Phi) is 12.7. The molecule has 9 heteroatoms. The standard InChI is InChI=1S/C20H34O9/c1-7-9-11-25-16(21)13-15(28-19(24)29-20(4,5)6)18(23)27-14(3)17(22)26-12-10-8-2/h14-15H,7-13H2,1-6H3/t14-,15-/m0/s1. The number of esters is 3. The maximum absolute atomic E-state index is 12.4. The molecule has 0 aromatic heterocycles. The largest absolute Gasteiger partial charge is 0.509 e. The van der Waals surface area contributed by atoms with Crippen LogP contribution in [0.3, 0.4) is 0 Å². The number of hydrogen-bond acceptors (Lipinski definition) is 9. The van der Waals surface area contributed by atoms with Gasteiger partial charge in [0.25, 0.3) is 0 Å². The van der Waals surface area contributed by atoms with Crippen molar-refractivity contribution >= 4 is 24.1 Å². The normalized spacial score (nSPS) is 13.0. The lowest BCUT2D eigenvalue weighted by Gasteiger charge is -2.22. The van der Waals surface area contributed by atoms with Crippen molar-refractivity contribution in [1.29, 1.82) is 0 Å². The van der Waals surface area contributed by atoms with Gasteiger partial charge in [0.1, 0.15) is 5.60 Å². The molecule has 29 heavy (non-hydrogen) atoms. The molecular formula is C20H34O9. The average Bonchev–Trinajstić information content (AvgIpc) is 2.59. The van der Waals surface area contributed by atoms with Crippen molar-refractivity contribution < 1.29 is 42.9 Å². The van der Waals surface area contributed by atoms with Crippen LogP contribution in [0.15, 0.2) is 0 Å². The first kappa shape index (κ1) is 26.7. The molecule has 0 radical (unpaired) electrons. The highest BCUT2D eigenvalue weighted by Crippen LogP contribution is 2.13. The van der Waals surface area contributed by atoms with Crippen molar-refractivity contribution in [3.8, 4) is 0 Å². The summed E-state index contributed by atoms with van der Waals surface area (Å²) >= 11 is 0. The minimum Gasteiger partial charge on any atom is -0.466 e. The smallest absolute Gasteiger partial charge is 0.466 e. The fourth-order valence-corrected chi connectivity index (χ4v) is 1.84. The maximum atomic E-state index is 12.4. The van der Waals surface area contributed by atoms with Gasteiger partial charge in [-0.3, -0.25) is 4.79 Å². The minimum absolute atomic E-state index is 0.184. The van der Waals surface area contributed by atoms with E-state index >= 15 is 0 Å². The summed E-state index contributed by atoms with van der Waals surface area (Å²) in [7, 11) is 0. The van der Waals surface area contributed by atoms with E-state index in [1.165, 1.54) is 6.92 Å². The lowest BCUT2D eigenvalue weighted by molar-refractivity contribution is -0.175. The summed E-state index contributed by atoms with van der Waals surface area (Å²) in [5.74, 6) is -2.53. The summed E-state index contributed by atoms with van der Waals surface area (Å²) in [6.07, 6.45) is -1.52. The molecule has 0 heterocycles. The SMILES string of the molecule is CCCCOC(=O)C[C@H](OC(=O)OC(C)(C)C)C(=O)O[C@@H](C)C(=O)OCCCC. The van der Waals surface area contributed by atoms with Crippen LogP contribution in [-0.2, 0) is 38.1 Å². The number of carbonyl (C=O) groups is 4. The van der Waals surface area contributed by atoms with E-state index in [0.29, 0.717) is 12.8 Å². The first-order valence-corrected chi connectivity index (χ1v) is 9.92. The molecular weight excluding hydrogens is 384 g/mol. The van der Waals surface area contributed by atoms with Gasteiger partial charge in [-0.1, -0.05) is 26.7 Å². The first-order chi connectivity index (χ1) is 13.5. The van der Waals surface area contributed by atoms with Gasteiger partial charge >= 0.3 is 24.1 Å². The molecule has 0 bridgehead atoms. The Morgan fingerprint density at radius 1 is 0.828 bits per heavy atom. The third kappa shape index (κ3) is 13.5. The molecule has 0 aromatic carbocycles. The second-order valence-corrected chi connectivity index (χ2v) is 7.45. The number of rotatable bonds is 12. The number of unbranched alkanes of at least 4 members (excludes halogenated alkanes) is 2. The van der Waals surface area contributed by atoms with Crippen LogP contribution in [0.1, 0.15) is 73.6 Å². The predicted octanol–water partition coefficient (Wildman–Crippen LogP) is 3.32. The Morgan fingerprint density at radius 3 is 1.90 bits per heavy atom. The van der Waals surface area contributed by atoms with Crippen LogP contribution in [0.4, 0.5) is 4.79 Å². The van der Waals surface area contributed by atoms with E-state index in [4.69, 9.17) is 23.7 Å². The number of ether oxygens (including phenoxy) is 5. The van der Waals surface area contributed by atoms with Crippen molar-refractivity contribution in [3.05, 3.63) is 0 Å². The van der Waals surface area contributed by atoms with Crippen molar-refractivity contribution in [1.82, 2.24) is 0 Å².